The first-order chi connectivity index (χ1) is 12.7. The number of rotatable bonds is 4. The van der Waals surface area contributed by atoms with Crippen molar-refractivity contribution in [1.29, 1.82) is 0 Å². The van der Waals surface area contributed by atoms with Gasteiger partial charge in [-0.05, 0) is 19.4 Å². The van der Waals surface area contributed by atoms with Crippen LogP contribution >= 0.6 is 0 Å². The first-order valence-electron chi connectivity index (χ1n) is 8.90. The summed E-state index contributed by atoms with van der Waals surface area (Å²) in [5.41, 5.74) is 2.16. The average molecular weight is 349 g/mol. The minimum Gasteiger partial charge on any atom is -0.493 e. The van der Waals surface area contributed by atoms with E-state index in [2.05, 4.69) is 45.4 Å². The maximum atomic E-state index is 5.64. The highest BCUT2D eigenvalue weighted by Gasteiger charge is 2.29. The Morgan fingerprint density at radius 3 is 2.54 bits per heavy atom. The molecular formula is C21H23N3O2. The number of methoxy groups -OCH3 is 2. The van der Waals surface area contributed by atoms with Crippen molar-refractivity contribution in [2.24, 2.45) is 0 Å². The zero-order valence-electron chi connectivity index (χ0n) is 15.4. The van der Waals surface area contributed by atoms with E-state index in [1.54, 1.807) is 14.2 Å². The maximum absolute atomic E-state index is 5.64. The van der Waals surface area contributed by atoms with E-state index in [0.29, 0.717) is 5.92 Å². The number of hydrogen-bond donors (Lipinski definition) is 0. The Morgan fingerprint density at radius 2 is 1.77 bits per heavy atom. The number of aryl methyl sites for hydroxylation is 1. The molecule has 2 aromatic carbocycles. The van der Waals surface area contributed by atoms with Gasteiger partial charge in [0.2, 0.25) is 0 Å². The lowest BCUT2D eigenvalue weighted by atomic mass is 9.97. The van der Waals surface area contributed by atoms with Crippen LogP contribution in [-0.4, -0.2) is 37.5 Å². The molecule has 26 heavy (non-hydrogen) atoms. The summed E-state index contributed by atoms with van der Waals surface area (Å²) in [6.07, 6.45) is 1.05. The normalized spacial score (nSPS) is 16.9. The van der Waals surface area contributed by atoms with E-state index in [1.165, 1.54) is 16.3 Å². The summed E-state index contributed by atoms with van der Waals surface area (Å²) < 4.78 is 11.1. The van der Waals surface area contributed by atoms with Crippen LogP contribution in [0.25, 0.3) is 10.8 Å². The summed E-state index contributed by atoms with van der Waals surface area (Å²) in [7, 11) is 3.38. The number of nitrogens with zero attached hydrogens (tertiary/aromatic N) is 3. The lowest BCUT2D eigenvalue weighted by Crippen LogP contribution is -2.21. The van der Waals surface area contributed by atoms with E-state index < -0.39 is 0 Å². The van der Waals surface area contributed by atoms with Crippen LogP contribution < -0.4 is 14.4 Å². The van der Waals surface area contributed by atoms with Crippen molar-refractivity contribution in [1.82, 2.24) is 10.2 Å². The van der Waals surface area contributed by atoms with Crippen LogP contribution in [0.15, 0.2) is 42.5 Å². The molecule has 1 unspecified atom stereocenters. The van der Waals surface area contributed by atoms with Gasteiger partial charge in [0.25, 0.3) is 0 Å². The average Bonchev–Trinajstić information content (AvgIpc) is 3.17. The van der Waals surface area contributed by atoms with Crippen LogP contribution in [-0.2, 0) is 0 Å². The van der Waals surface area contributed by atoms with Gasteiger partial charge in [-0.3, -0.25) is 0 Å². The standard InChI is InChI=1S/C21H23N3O2/c1-14-16-7-4-5-8-18(16)21(23-22-14)24-12-11-15(13-24)17-9-6-10-19(25-2)20(17)26-3/h4-10,15H,11-13H2,1-3H3. The molecule has 0 bridgehead atoms. The van der Waals surface area contributed by atoms with E-state index >= 15 is 0 Å². The van der Waals surface area contributed by atoms with Crippen molar-refractivity contribution in [3.8, 4) is 11.5 Å². The quantitative estimate of drug-likeness (QED) is 0.714. The van der Waals surface area contributed by atoms with Gasteiger partial charge in [0.05, 0.1) is 19.9 Å². The fourth-order valence-electron chi connectivity index (χ4n) is 3.90. The SMILES string of the molecule is COc1cccc(C2CCN(c3nnc(C)c4ccccc34)C2)c1OC. The maximum Gasteiger partial charge on any atom is 0.164 e. The first-order valence-corrected chi connectivity index (χ1v) is 8.90. The third kappa shape index (κ3) is 2.73. The van der Waals surface area contributed by atoms with E-state index in [1.807, 2.05) is 19.1 Å². The summed E-state index contributed by atoms with van der Waals surface area (Å²) in [4.78, 5) is 2.33. The smallest absolute Gasteiger partial charge is 0.164 e. The molecule has 1 aliphatic heterocycles. The van der Waals surface area contributed by atoms with Gasteiger partial charge in [0, 0.05) is 35.3 Å². The highest BCUT2D eigenvalue weighted by atomic mass is 16.5. The molecule has 0 radical (unpaired) electrons. The van der Waals surface area contributed by atoms with E-state index in [9.17, 15) is 0 Å². The predicted molar refractivity (Wildman–Crippen MR) is 103 cm³/mol. The monoisotopic (exact) mass is 349 g/mol. The van der Waals surface area contributed by atoms with Gasteiger partial charge < -0.3 is 14.4 Å². The van der Waals surface area contributed by atoms with Gasteiger partial charge in [0.1, 0.15) is 0 Å². The number of para-hydroxylation sites is 1. The highest BCUT2D eigenvalue weighted by Crippen LogP contribution is 2.40. The minimum atomic E-state index is 0.377. The summed E-state index contributed by atoms with van der Waals surface area (Å²) in [6.45, 7) is 3.85. The topological polar surface area (TPSA) is 47.5 Å². The van der Waals surface area contributed by atoms with Crippen molar-refractivity contribution in [2.75, 3.05) is 32.2 Å². The number of hydrogen-bond acceptors (Lipinski definition) is 5. The summed E-state index contributed by atoms with van der Waals surface area (Å²) in [5.74, 6) is 2.96. The molecule has 0 spiro atoms. The molecule has 1 fully saturated rings. The summed E-state index contributed by atoms with van der Waals surface area (Å²) in [5, 5.41) is 11.2. The lowest BCUT2D eigenvalue weighted by molar-refractivity contribution is 0.350. The molecule has 5 heteroatoms. The molecule has 3 aromatic rings. The zero-order valence-corrected chi connectivity index (χ0v) is 15.4. The highest BCUT2D eigenvalue weighted by molar-refractivity contribution is 5.93. The van der Waals surface area contributed by atoms with Crippen LogP contribution in [0.1, 0.15) is 23.6 Å². The molecule has 2 heterocycles. The largest absolute Gasteiger partial charge is 0.493 e. The van der Waals surface area contributed by atoms with Gasteiger partial charge in [-0.2, -0.15) is 5.10 Å². The molecule has 0 saturated carbocycles. The van der Waals surface area contributed by atoms with E-state index in [0.717, 1.165) is 42.5 Å². The molecule has 0 amide bonds. The predicted octanol–water partition coefficient (Wildman–Crippen LogP) is 3.95. The lowest BCUT2D eigenvalue weighted by Gasteiger charge is -2.20. The first kappa shape index (κ1) is 16.6. The fraction of sp³-hybridized carbons (Fsp3) is 0.333. The van der Waals surface area contributed by atoms with Gasteiger partial charge in [-0.1, -0.05) is 36.4 Å². The fourth-order valence-corrected chi connectivity index (χ4v) is 3.90. The molecule has 1 aromatic heterocycles. The third-order valence-electron chi connectivity index (χ3n) is 5.21. The molecule has 134 valence electrons. The van der Waals surface area contributed by atoms with Crippen LogP contribution in [0.4, 0.5) is 5.82 Å². The van der Waals surface area contributed by atoms with Crippen molar-refractivity contribution in [2.45, 2.75) is 19.3 Å². The second-order valence-electron chi connectivity index (χ2n) is 6.67. The van der Waals surface area contributed by atoms with Gasteiger partial charge >= 0.3 is 0 Å². The molecule has 5 nitrogen and oxygen atoms in total. The number of ether oxygens (including phenoxy) is 2. The summed E-state index contributed by atoms with van der Waals surface area (Å²) in [6, 6.07) is 14.5. The molecule has 1 atom stereocenters. The van der Waals surface area contributed by atoms with Crippen LogP contribution in [0.3, 0.4) is 0 Å². The molecule has 0 N–H and O–H groups in total. The summed E-state index contributed by atoms with van der Waals surface area (Å²) >= 11 is 0. The molecule has 4 rings (SSSR count). The number of anilines is 1. The van der Waals surface area contributed by atoms with E-state index in [-0.39, 0.29) is 0 Å². The van der Waals surface area contributed by atoms with Crippen molar-refractivity contribution >= 4 is 16.6 Å². The molecule has 1 saturated heterocycles. The Morgan fingerprint density at radius 1 is 0.962 bits per heavy atom. The minimum absolute atomic E-state index is 0.377. The Kier molecular flexibility index (Phi) is 4.37. The van der Waals surface area contributed by atoms with E-state index in [4.69, 9.17) is 9.47 Å². The number of fused-ring (bicyclic) bond motifs is 1. The Hall–Kier alpha value is -2.82. The second kappa shape index (κ2) is 6.83. The number of benzene rings is 2. The Balaban J connectivity index is 1.68. The van der Waals surface area contributed by atoms with Gasteiger partial charge in [-0.25, -0.2) is 0 Å². The van der Waals surface area contributed by atoms with Crippen LogP contribution in [0.5, 0.6) is 11.5 Å². The van der Waals surface area contributed by atoms with Crippen molar-refractivity contribution in [3.63, 3.8) is 0 Å². The van der Waals surface area contributed by atoms with Crippen molar-refractivity contribution < 1.29 is 9.47 Å². The molecule has 0 aliphatic carbocycles. The molecular weight excluding hydrogens is 326 g/mol. The van der Waals surface area contributed by atoms with Crippen molar-refractivity contribution in [3.05, 3.63) is 53.7 Å². The Bertz CT molecular complexity index is 942. The number of aromatic nitrogens is 2. The van der Waals surface area contributed by atoms with Crippen LogP contribution in [0.2, 0.25) is 0 Å². The van der Waals surface area contributed by atoms with Gasteiger partial charge in [0.15, 0.2) is 17.3 Å². The third-order valence-corrected chi connectivity index (χ3v) is 5.21. The van der Waals surface area contributed by atoms with Crippen LogP contribution in [0, 0.1) is 6.92 Å². The van der Waals surface area contributed by atoms with Gasteiger partial charge in [-0.15, -0.1) is 5.10 Å². The Labute approximate surface area is 153 Å². The second-order valence-corrected chi connectivity index (χ2v) is 6.67. The zero-order chi connectivity index (χ0) is 18.1. The molecule has 1 aliphatic rings.